The second-order valence-corrected chi connectivity index (χ2v) is 7.18. The number of carbonyl (C=O) groups excluding carboxylic acids is 2. The third-order valence-electron chi connectivity index (χ3n) is 4.12. The lowest BCUT2D eigenvalue weighted by atomic mass is 10.1. The number of nitrogens with zero attached hydrogens (tertiary/aromatic N) is 2. The summed E-state index contributed by atoms with van der Waals surface area (Å²) in [5.74, 6) is 0.458. The smallest absolute Gasteiger partial charge is 0.302 e. The molecular weight excluding hydrogens is 360 g/mol. The Kier molecular flexibility index (Phi) is 6.26. The van der Waals surface area contributed by atoms with E-state index in [0.29, 0.717) is 18.0 Å². The summed E-state index contributed by atoms with van der Waals surface area (Å²) in [6.07, 6.45) is 0. The maximum atomic E-state index is 12.3. The van der Waals surface area contributed by atoms with Crippen LogP contribution in [-0.2, 0) is 11.3 Å². The van der Waals surface area contributed by atoms with E-state index >= 15 is 0 Å². The van der Waals surface area contributed by atoms with E-state index in [1.807, 2.05) is 55.5 Å². The van der Waals surface area contributed by atoms with Gasteiger partial charge in [-0.3, -0.25) is 9.59 Å². The summed E-state index contributed by atoms with van der Waals surface area (Å²) in [7, 11) is 1.72. The molecule has 0 aliphatic carbocycles. The predicted molar refractivity (Wildman–Crippen MR) is 110 cm³/mol. The third-order valence-corrected chi connectivity index (χ3v) is 5.00. The molecular formula is C20H22N4O2S. The van der Waals surface area contributed by atoms with Gasteiger partial charge in [0, 0.05) is 17.0 Å². The first-order chi connectivity index (χ1) is 13.1. The summed E-state index contributed by atoms with van der Waals surface area (Å²) in [4.78, 5) is 24.0. The molecule has 2 N–H and O–H groups in total. The number of hydrazone groups is 1. The van der Waals surface area contributed by atoms with Gasteiger partial charge in [-0.2, -0.15) is 5.10 Å². The zero-order chi connectivity index (χ0) is 19.2. The Morgan fingerprint density at radius 1 is 1.22 bits per heavy atom. The Labute approximate surface area is 163 Å². The number of amides is 2. The molecule has 1 aliphatic heterocycles. The number of thioether (sulfide) groups is 1. The predicted octanol–water partition coefficient (Wildman–Crippen LogP) is 3.23. The lowest BCUT2D eigenvalue weighted by molar-refractivity contribution is -0.115. The van der Waals surface area contributed by atoms with Crippen LogP contribution < -0.4 is 10.6 Å². The fraction of sp³-hybridized carbons (Fsp3) is 0.250. The van der Waals surface area contributed by atoms with Crippen molar-refractivity contribution in [3.63, 3.8) is 0 Å². The average Bonchev–Trinajstić information content (AvgIpc) is 2.64. The number of anilines is 1. The molecule has 0 fully saturated rings. The number of benzene rings is 2. The lowest BCUT2D eigenvalue weighted by Gasteiger charge is -2.24. The SMILES string of the molecule is CNCC(=O)Nc1cccc(CN2N=C(c3ccccc3C)CSC2=O)c1. The molecule has 0 spiro atoms. The molecule has 2 aromatic carbocycles. The van der Waals surface area contributed by atoms with Crippen LogP contribution in [-0.4, -0.2) is 41.2 Å². The van der Waals surface area contributed by atoms with Crippen LogP contribution in [0.2, 0.25) is 0 Å². The Hall–Kier alpha value is -2.64. The topological polar surface area (TPSA) is 73.8 Å². The van der Waals surface area contributed by atoms with E-state index in [9.17, 15) is 9.59 Å². The van der Waals surface area contributed by atoms with Crippen LogP contribution in [0, 0.1) is 6.92 Å². The van der Waals surface area contributed by atoms with Crippen molar-refractivity contribution in [2.75, 3.05) is 24.7 Å². The van der Waals surface area contributed by atoms with Crippen molar-refractivity contribution in [3.8, 4) is 0 Å². The third kappa shape index (κ3) is 4.96. The molecule has 1 heterocycles. The highest BCUT2D eigenvalue weighted by atomic mass is 32.2. The van der Waals surface area contributed by atoms with Crippen molar-refractivity contribution in [2.45, 2.75) is 13.5 Å². The second-order valence-electron chi connectivity index (χ2n) is 6.25. The van der Waals surface area contributed by atoms with Crippen molar-refractivity contribution < 1.29 is 9.59 Å². The van der Waals surface area contributed by atoms with Gasteiger partial charge in [-0.05, 0) is 37.2 Å². The van der Waals surface area contributed by atoms with Gasteiger partial charge in [-0.15, -0.1) is 0 Å². The standard InChI is InChI=1S/C20H22N4O2S/c1-14-6-3-4-9-17(14)18-13-27-20(26)24(23-18)12-15-7-5-8-16(10-15)22-19(25)11-21-2/h3-10,21H,11-13H2,1-2H3,(H,22,25). The zero-order valence-corrected chi connectivity index (χ0v) is 16.2. The summed E-state index contributed by atoms with van der Waals surface area (Å²) < 4.78 is 0. The van der Waals surface area contributed by atoms with E-state index < -0.39 is 0 Å². The van der Waals surface area contributed by atoms with Crippen LogP contribution >= 0.6 is 11.8 Å². The second kappa shape index (κ2) is 8.83. The van der Waals surface area contributed by atoms with Crippen molar-refractivity contribution in [3.05, 3.63) is 65.2 Å². The fourth-order valence-corrected chi connectivity index (χ4v) is 3.56. The van der Waals surface area contributed by atoms with Gasteiger partial charge < -0.3 is 10.6 Å². The lowest BCUT2D eigenvalue weighted by Crippen LogP contribution is -2.30. The quantitative estimate of drug-likeness (QED) is 0.804. The summed E-state index contributed by atoms with van der Waals surface area (Å²) in [5.41, 5.74) is 4.71. The largest absolute Gasteiger partial charge is 0.325 e. The number of aryl methyl sites for hydroxylation is 1. The highest BCUT2D eigenvalue weighted by molar-refractivity contribution is 8.14. The summed E-state index contributed by atoms with van der Waals surface area (Å²) in [5, 5.41) is 11.7. The molecule has 3 rings (SSSR count). The van der Waals surface area contributed by atoms with Gasteiger partial charge in [0.1, 0.15) is 0 Å². The summed E-state index contributed by atoms with van der Waals surface area (Å²) in [6, 6.07) is 15.5. The van der Waals surface area contributed by atoms with E-state index in [-0.39, 0.29) is 17.7 Å². The molecule has 0 saturated heterocycles. The van der Waals surface area contributed by atoms with Gasteiger partial charge in [0.2, 0.25) is 5.91 Å². The first-order valence-electron chi connectivity index (χ1n) is 8.68. The van der Waals surface area contributed by atoms with Crippen LogP contribution in [0.15, 0.2) is 53.6 Å². The molecule has 0 bridgehead atoms. The number of hydrogen-bond donors (Lipinski definition) is 2. The van der Waals surface area contributed by atoms with Gasteiger partial charge in [-0.25, -0.2) is 5.01 Å². The number of hydrogen-bond acceptors (Lipinski definition) is 5. The van der Waals surface area contributed by atoms with Crippen LogP contribution in [0.4, 0.5) is 10.5 Å². The Balaban J connectivity index is 1.78. The molecule has 6 nitrogen and oxygen atoms in total. The normalized spacial score (nSPS) is 14.1. The maximum absolute atomic E-state index is 12.3. The van der Waals surface area contributed by atoms with E-state index in [4.69, 9.17) is 0 Å². The van der Waals surface area contributed by atoms with Gasteiger partial charge in [0.25, 0.3) is 0 Å². The van der Waals surface area contributed by atoms with Gasteiger partial charge in [0.15, 0.2) is 0 Å². The van der Waals surface area contributed by atoms with E-state index in [1.54, 1.807) is 7.05 Å². The van der Waals surface area contributed by atoms with E-state index in [1.165, 1.54) is 16.8 Å². The maximum Gasteiger partial charge on any atom is 0.302 e. The van der Waals surface area contributed by atoms with Gasteiger partial charge >= 0.3 is 5.24 Å². The van der Waals surface area contributed by atoms with Crippen LogP contribution in [0.5, 0.6) is 0 Å². The zero-order valence-electron chi connectivity index (χ0n) is 15.4. The molecule has 2 amide bonds. The summed E-state index contributed by atoms with van der Waals surface area (Å²) >= 11 is 1.26. The summed E-state index contributed by atoms with van der Waals surface area (Å²) in [6.45, 7) is 2.65. The molecule has 0 aromatic heterocycles. The number of likely N-dealkylation sites (N-methyl/N-ethyl adjacent to an activating group) is 1. The minimum absolute atomic E-state index is 0.0723. The highest BCUT2D eigenvalue weighted by Gasteiger charge is 2.23. The van der Waals surface area contributed by atoms with Crippen LogP contribution in [0.1, 0.15) is 16.7 Å². The van der Waals surface area contributed by atoms with Gasteiger partial charge in [0.05, 0.1) is 18.8 Å². The highest BCUT2D eigenvalue weighted by Crippen LogP contribution is 2.23. The molecule has 27 heavy (non-hydrogen) atoms. The first kappa shape index (κ1) is 19.1. The molecule has 140 valence electrons. The van der Waals surface area contributed by atoms with E-state index in [0.717, 1.165) is 22.4 Å². The van der Waals surface area contributed by atoms with Crippen LogP contribution in [0.25, 0.3) is 0 Å². The molecule has 7 heteroatoms. The van der Waals surface area contributed by atoms with E-state index in [2.05, 4.69) is 15.7 Å². The minimum atomic E-state index is -0.112. The molecule has 1 aliphatic rings. The molecule has 2 aromatic rings. The van der Waals surface area contributed by atoms with Crippen molar-refractivity contribution >= 4 is 34.3 Å². The molecule has 0 atom stereocenters. The number of rotatable bonds is 6. The average molecular weight is 382 g/mol. The van der Waals surface area contributed by atoms with Crippen molar-refractivity contribution in [2.24, 2.45) is 5.10 Å². The van der Waals surface area contributed by atoms with Crippen LogP contribution in [0.3, 0.4) is 0 Å². The minimum Gasteiger partial charge on any atom is -0.325 e. The fourth-order valence-electron chi connectivity index (χ4n) is 2.83. The molecule has 0 saturated carbocycles. The molecule has 0 radical (unpaired) electrons. The monoisotopic (exact) mass is 382 g/mol. The number of carbonyl (C=O) groups is 2. The van der Waals surface area contributed by atoms with Gasteiger partial charge in [-0.1, -0.05) is 48.2 Å². The van der Waals surface area contributed by atoms with Crippen molar-refractivity contribution in [1.82, 2.24) is 10.3 Å². The number of nitrogens with one attached hydrogen (secondary N) is 2. The molecule has 0 unspecified atom stereocenters. The first-order valence-corrected chi connectivity index (χ1v) is 9.66. The Morgan fingerprint density at radius 2 is 2.04 bits per heavy atom. The Morgan fingerprint density at radius 3 is 2.81 bits per heavy atom. The Bertz CT molecular complexity index is 882. The van der Waals surface area contributed by atoms with Crippen molar-refractivity contribution in [1.29, 1.82) is 0 Å².